The molecule has 0 atom stereocenters. The van der Waals surface area contributed by atoms with Crippen molar-refractivity contribution < 1.29 is 22.7 Å². The van der Waals surface area contributed by atoms with E-state index >= 15 is 0 Å². The van der Waals surface area contributed by atoms with E-state index in [1.165, 1.54) is 40.9 Å². The van der Waals surface area contributed by atoms with Crippen molar-refractivity contribution in [2.75, 3.05) is 5.32 Å². The summed E-state index contributed by atoms with van der Waals surface area (Å²) in [4.78, 5) is 21.9. The van der Waals surface area contributed by atoms with Gasteiger partial charge in [-0.15, -0.1) is 35.8 Å². The highest BCUT2D eigenvalue weighted by Gasteiger charge is 2.31. The first-order valence-electron chi connectivity index (χ1n) is 7.74. The standard InChI is InChI=1S/C17H14F3N3O2S2/c1-9-15(27-10(2)21-9)13-8-26-16(22-13)23-14(24)7-11-4-3-5-12(6-11)25-17(18,19)20/h3-6,8H,7H2,1-2H3,(H,22,23,24). The summed E-state index contributed by atoms with van der Waals surface area (Å²) >= 11 is 2.80. The molecule has 0 aliphatic carbocycles. The maximum atomic E-state index is 12.3. The number of nitrogens with one attached hydrogen (secondary N) is 1. The normalized spacial score (nSPS) is 11.4. The lowest BCUT2D eigenvalue weighted by atomic mass is 10.1. The fraction of sp³-hybridized carbons (Fsp3) is 0.235. The van der Waals surface area contributed by atoms with Gasteiger partial charge in [0.1, 0.15) is 5.75 Å². The van der Waals surface area contributed by atoms with E-state index < -0.39 is 6.36 Å². The molecule has 1 N–H and O–H groups in total. The molecule has 0 radical (unpaired) electrons. The Morgan fingerprint density at radius 3 is 2.70 bits per heavy atom. The van der Waals surface area contributed by atoms with Crippen molar-refractivity contribution in [3.63, 3.8) is 0 Å². The first kappa shape index (κ1) is 19.3. The van der Waals surface area contributed by atoms with Crippen LogP contribution in [-0.4, -0.2) is 22.2 Å². The lowest BCUT2D eigenvalue weighted by Gasteiger charge is -2.09. The second kappa shape index (κ2) is 7.65. The van der Waals surface area contributed by atoms with E-state index in [0.717, 1.165) is 21.3 Å². The largest absolute Gasteiger partial charge is 0.573 e. The monoisotopic (exact) mass is 413 g/mol. The van der Waals surface area contributed by atoms with Crippen molar-refractivity contribution in [2.45, 2.75) is 26.6 Å². The summed E-state index contributed by atoms with van der Waals surface area (Å²) in [6.07, 6.45) is -4.87. The first-order valence-corrected chi connectivity index (χ1v) is 9.44. The summed E-state index contributed by atoms with van der Waals surface area (Å²) in [6, 6.07) is 5.32. The number of ether oxygens (including phenoxy) is 1. The third-order valence-corrected chi connectivity index (χ3v) is 5.24. The van der Waals surface area contributed by atoms with E-state index in [-0.39, 0.29) is 18.1 Å². The van der Waals surface area contributed by atoms with Gasteiger partial charge in [-0.05, 0) is 31.5 Å². The van der Waals surface area contributed by atoms with Crippen LogP contribution < -0.4 is 10.1 Å². The van der Waals surface area contributed by atoms with E-state index in [9.17, 15) is 18.0 Å². The minimum Gasteiger partial charge on any atom is -0.406 e. The highest BCUT2D eigenvalue weighted by molar-refractivity contribution is 7.16. The Kier molecular flexibility index (Phi) is 5.47. The number of alkyl halides is 3. The van der Waals surface area contributed by atoms with Gasteiger partial charge in [0.2, 0.25) is 5.91 Å². The molecule has 1 amide bonds. The predicted molar refractivity (Wildman–Crippen MR) is 98.2 cm³/mol. The van der Waals surface area contributed by atoms with Crippen LogP contribution in [0.3, 0.4) is 0 Å². The average molecular weight is 413 g/mol. The molecular weight excluding hydrogens is 399 g/mol. The topological polar surface area (TPSA) is 64.1 Å². The van der Waals surface area contributed by atoms with Crippen LogP contribution in [0.25, 0.3) is 10.6 Å². The molecule has 0 aliphatic rings. The van der Waals surface area contributed by atoms with Crippen molar-refractivity contribution in [2.24, 2.45) is 0 Å². The molecule has 0 spiro atoms. The number of thiazole rings is 2. The Morgan fingerprint density at radius 1 is 1.26 bits per heavy atom. The van der Waals surface area contributed by atoms with E-state index in [1.54, 1.807) is 6.07 Å². The van der Waals surface area contributed by atoms with Gasteiger partial charge in [0.05, 0.1) is 27.7 Å². The molecule has 0 saturated heterocycles. The zero-order valence-electron chi connectivity index (χ0n) is 14.3. The Morgan fingerprint density at radius 2 is 2.04 bits per heavy atom. The molecule has 0 saturated carbocycles. The number of hydrogen-bond donors (Lipinski definition) is 1. The average Bonchev–Trinajstić information content (AvgIpc) is 3.11. The Labute approximate surface area is 160 Å². The summed E-state index contributed by atoms with van der Waals surface area (Å²) < 4.78 is 40.7. The lowest BCUT2D eigenvalue weighted by molar-refractivity contribution is -0.274. The van der Waals surface area contributed by atoms with Crippen molar-refractivity contribution in [3.05, 3.63) is 45.9 Å². The highest BCUT2D eigenvalue weighted by Crippen LogP contribution is 2.32. The quantitative estimate of drug-likeness (QED) is 0.642. The smallest absolute Gasteiger partial charge is 0.406 e. The van der Waals surface area contributed by atoms with Crippen LogP contribution >= 0.6 is 22.7 Å². The molecule has 27 heavy (non-hydrogen) atoms. The van der Waals surface area contributed by atoms with Gasteiger partial charge in [-0.1, -0.05) is 12.1 Å². The molecule has 3 rings (SSSR count). The molecule has 0 fully saturated rings. The number of aromatic nitrogens is 2. The zero-order valence-corrected chi connectivity index (χ0v) is 15.9. The number of anilines is 1. The van der Waals surface area contributed by atoms with Crippen LogP contribution in [0, 0.1) is 13.8 Å². The number of nitrogens with zero attached hydrogens (tertiary/aromatic N) is 2. The maximum absolute atomic E-state index is 12.3. The van der Waals surface area contributed by atoms with E-state index in [0.29, 0.717) is 10.7 Å². The SMILES string of the molecule is Cc1nc(C)c(-c2csc(NC(=O)Cc3cccc(OC(F)(F)F)c3)n2)s1. The van der Waals surface area contributed by atoms with Crippen LogP contribution in [0.5, 0.6) is 5.75 Å². The number of halogens is 3. The third-order valence-electron chi connectivity index (χ3n) is 3.38. The molecule has 0 unspecified atom stereocenters. The Balaban J connectivity index is 1.65. The van der Waals surface area contributed by atoms with Gasteiger partial charge in [0.15, 0.2) is 5.13 Å². The number of amides is 1. The molecule has 5 nitrogen and oxygen atoms in total. The molecule has 2 heterocycles. The van der Waals surface area contributed by atoms with Gasteiger partial charge in [-0.3, -0.25) is 4.79 Å². The van der Waals surface area contributed by atoms with Gasteiger partial charge in [0, 0.05) is 5.38 Å². The number of carbonyl (C=O) groups is 1. The Bertz CT molecular complexity index is 966. The van der Waals surface area contributed by atoms with Crippen LogP contribution in [0.15, 0.2) is 29.6 Å². The third kappa shape index (κ3) is 5.27. The van der Waals surface area contributed by atoms with Crippen molar-refractivity contribution >= 4 is 33.7 Å². The Hall–Kier alpha value is -2.46. The molecule has 10 heteroatoms. The number of rotatable bonds is 5. The fourth-order valence-corrected chi connectivity index (χ4v) is 4.08. The minimum absolute atomic E-state index is 0.0946. The van der Waals surface area contributed by atoms with Crippen LogP contribution in [0.4, 0.5) is 18.3 Å². The molecule has 2 aromatic heterocycles. The second-order valence-electron chi connectivity index (χ2n) is 5.61. The summed E-state index contributed by atoms with van der Waals surface area (Å²) in [5.41, 5.74) is 2.01. The summed E-state index contributed by atoms with van der Waals surface area (Å²) in [7, 11) is 0. The van der Waals surface area contributed by atoms with Gasteiger partial charge < -0.3 is 10.1 Å². The number of aryl methyl sites for hydroxylation is 2. The van der Waals surface area contributed by atoms with Gasteiger partial charge in [0.25, 0.3) is 0 Å². The zero-order chi connectivity index (χ0) is 19.6. The summed E-state index contributed by atoms with van der Waals surface area (Å²) in [6.45, 7) is 3.80. The fourth-order valence-electron chi connectivity index (χ4n) is 2.41. The predicted octanol–water partition coefficient (Wildman–Crippen LogP) is 4.96. The van der Waals surface area contributed by atoms with E-state index in [1.807, 2.05) is 19.2 Å². The number of carbonyl (C=O) groups excluding carboxylic acids is 1. The van der Waals surface area contributed by atoms with Crippen LogP contribution in [0.1, 0.15) is 16.3 Å². The molecule has 3 aromatic rings. The lowest BCUT2D eigenvalue weighted by Crippen LogP contribution is -2.17. The van der Waals surface area contributed by atoms with Gasteiger partial charge >= 0.3 is 6.36 Å². The van der Waals surface area contributed by atoms with Crippen molar-refractivity contribution in [1.29, 1.82) is 0 Å². The molecule has 1 aromatic carbocycles. The maximum Gasteiger partial charge on any atom is 0.573 e. The van der Waals surface area contributed by atoms with Crippen molar-refractivity contribution in [3.8, 4) is 16.3 Å². The van der Waals surface area contributed by atoms with Crippen molar-refractivity contribution in [1.82, 2.24) is 9.97 Å². The highest BCUT2D eigenvalue weighted by atomic mass is 32.1. The summed E-state index contributed by atoms with van der Waals surface area (Å²) in [5, 5.41) is 5.84. The molecular formula is C17H14F3N3O2S2. The summed E-state index contributed by atoms with van der Waals surface area (Å²) in [5.74, 6) is -0.738. The molecule has 0 bridgehead atoms. The second-order valence-corrected chi connectivity index (χ2v) is 7.67. The van der Waals surface area contributed by atoms with E-state index in [4.69, 9.17) is 0 Å². The molecule has 0 aliphatic heterocycles. The van der Waals surface area contributed by atoms with Gasteiger partial charge in [-0.2, -0.15) is 0 Å². The number of hydrogen-bond acceptors (Lipinski definition) is 6. The van der Waals surface area contributed by atoms with Crippen LogP contribution in [-0.2, 0) is 11.2 Å². The molecule has 142 valence electrons. The minimum atomic E-state index is -4.77. The van der Waals surface area contributed by atoms with E-state index in [2.05, 4.69) is 20.0 Å². The van der Waals surface area contributed by atoms with Gasteiger partial charge in [-0.25, -0.2) is 9.97 Å². The number of benzene rings is 1. The van der Waals surface area contributed by atoms with Crippen LogP contribution in [0.2, 0.25) is 0 Å². The first-order chi connectivity index (χ1) is 12.7.